The molecule has 0 spiro atoms. The van der Waals surface area contributed by atoms with E-state index in [0.29, 0.717) is 34.1 Å². The average Bonchev–Trinajstić information content (AvgIpc) is 3.53. The van der Waals surface area contributed by atoms with Crippen LogP contribution in [0.4, 0.5) is 14.6 Å². The average molecular weight is 551 g/mol. The highest BCUT2D eigenvalue weighted by Crippen LogP contribution is 2.48. The predicted molar refractivity (Wildman–Crippen MR) is 146 cm³/mol. The molecule has 4 aromatic rings. The Balaban J connectivity index is 1.68. The van der Waals surface area contributed by atoms with Crippen LogP contribution in [0.3, 0.4) is 0 Å². The molecule has 0 unspecified atom stereocenters. The van der Waals surface area contributed by atoms with Crippen LogP contribution in [0.5, 0.6) is 0 Å². The zero-order valence-corrected chi connectivity index (χ0v) is 22.6. The summed E-state index contributed by atoms with van der Waals surface area (Å²) < 4.78 is 35.9. The Morgan fingerprint density at radius 1 is 1.10 bits per heavy atom. The monoisotopic (exact) mass is 550 g/mol. The van der Waals surface area contributed by atoms with Gasteiger partial charge >= 0.3 is 0 Å². The number of benzene rings is 2. The van der Waals surface area contributed by atoms with Crippen molar-refractivity contribution in [3.63, 3.8) is 0 Å². The smallest absolute Gasteiger partial charge is 0.240 e. The summed E-state index contributed by atoms with van der Waals surface area (Å²) in [4.78, 5) is 28.1. The number of amides is 2. The quantitative estimate of drug-likeness (QED) is 0.342. The van der Waals surface area contributed by atoms with Gasteiger partial charge in [0.15, 0.2) is 0 Å². The second kappa shape index (κ2) is 10.7. The van der Waals surface area contributed by atoms with Gasteiger partial charge in [0.1, 0.15) is 29.8 Å². The molecule has 10 heteroatoms. The van der Waals surface area contributed by atoms with Crippen molar-refractivity contribution in [2.45, 2.75) is 38.0 Å². The second-order valence-electron chi connectivity index (χ2n) is 10.3. The normalized spacial score (nSPS) is 15.7. The Labute approximate surface area is 229 Å². The van der Waals surface area contributed by atoms with Gasteiger partial charge in [0.25, 0.3) is 0 Å². The Morgan fingerprint density at radius 3 is 2.51 bits per heavy atom. The van der Waals surface area contributed by atoms with E-state index >= 15 is 4.39 Å². The molecule has 3 heterocycles. The predicted octanol–water partition coefficient (Wildman–Crippen LogP) is 5.53. The van der Waals surface area contributed by atoms with Gasteiger partial charge in [0.2, 0.25) is 11.8 Å². The number of carbonyl (C=O) groups is 2. The molecule has 2 aromatic heterocycles. The van der Waals surface area contributed by atoms with E-state index in [1.807, 2.05) is 20.8 Å². The first-order valence-electron chi connectivity index (χ1n) is 12.5. The fraction of sp³-hybridized carbons (Fsp3) is 0.276. The van der Waals surface area contributed by atoms with Crippen molar-refractivity contribution in [1.29, 1.82) is 0 Å². The molecule has 0 fully saturated rings. The summed E-state index contributed by atoms with van der Waals surface area (Å²) in [5.41, 5.74) is 1.73. The molecule has 202 valence electrons. The van der Waals surface area contributed by atoms with Crippen molar-refractivity contribution in [1.82, 2.24) is 15.1 Å². The Kier molecular flexibility index (Phi) is 7.31. The minimum atomic E-state index is -0.565. The molecule has 2 aromatic carbocycles. The van der Waals surface area contributed by atoms with Gasteiger partial charge in [-0.25, -0.2) is 13.5 Å². The maximum atomic E-state index is 15.2. The second-order valence-corrected chi connectivity index (χ2v) is 11.4. The largest absolute Gasteiger partial charge is 0.467 e. The first-order chi connectivity index (χ1) is 18.6. The van der Waals surface area contributed by atoms with Crippen molar-refractivity contribution in [3.8, 4) is 5.69 Å². The third-order valence-electron chi connectivity index (χ3n) is 6.40. The third-order valence-corrected chi connectivity index (χ3v) is 7.64. The van der Waals surface area contributed by atoms with E-state index < -0.39 is 28.2 Å². The van der Waals surface area contributed by atoms with E-state index in [-0.39, 0.29) is 24.7 Å². The fourth-order valence-corrected chi connectivity index (χ4v) is 5.79. The number of hydrogen-bond donors (Lipinski definition) is 1. The van der Waals surface area contributed by atoms with Crippen LogP contribution in [0.15, 0.2) is 71.3 Å². The van der Waals surface area contributed by atoms with E-state index in [9.17, 15) is 14.0 Å². The van der Waals surface area contributed by atoms with E-state index in [1.165, 1.54) is 41.1 Å². The first kappa shape index (κ1) is 26.7. The van der Waals surface area contributed by atoms with Crippen LogP contribution in [-0.4, -0.2) is 33.9 Å². The maximum Gasteiger partial charge on any atom is 0.240 e. The summed E-state index contributed by atoms with van der Waals surface area (Å²) in [6, 6.07) is 15.7. The minimum Gasteiger partial charge on any atom is -0.467 e. The van der Waals surface area contributed by atoms with Crippen LogP contribution >= 0.6 is 11.8 Å². The number of carbonyl (C=O) groups excluding carboxylic acids is 2. The number of aromatic nitrogens is 2. The number of thioether (sulfide) groups is 1. The van der Waals surface area contributed by atoms with Gasteiger partial charge in [-0.05, 0) is 42.5 Å². The molecular formula is C29H28F2N4O3S. The van der Waals surface area contributed by atoms with Crippen LogP contribution in [0.1, 0.15) is 48.6 Å². The number of halogens is 2. The highest BCUT2D eigenvalue weighted by Gasteiger charge is 2.40. The van der Waals surface area contributed by atoms with Gasteiger partial charge in [0.05, 0.1) is 35.2 Å². The number of anilines is 1. The lowest BCUT2D eigenvalue weighted by Crippen LogP contribution is -2.42. The van der Waals surface area contributed by atoms with Crippen LogP contribution in [-0.2, 0) is 21.5 Å². The van der Waals surface area contributed by atoms with E-state index in [0.717, 1.165) is 0 Å². The van der Waals surface area contributed by atoms with Crippen molar-refractivity contribution in [2.75, 3.05) is 17.2 Å². The lowest BCUT2D eigenvalue weighted by molar-refractivity contribution is -0.123. The van der Waals surface area contributed by atoms with Crippen molar-refractivity contribution < 1.29 is 22.8 Å². The molecule has 0 aliphatic carbocycles. The van der Waals surface area contributed by atoms with Crippen molar-refractivity contribution >= 4 is 29.4 Å². The fourth-order valence-electron chi connectivity index (χ4n) is 4.57. The summed E-state index contributed by atoms with van der Waals surface area (Å²) in [6.07, 6.45) is 1.52. The minimum absolute atomic E-state index is 0.0200. The molecule has 1 aliphatic heterocycles. The lowest BCUT2D eigenvalue weighted by atomic mass is 9.87. The zero-order valence-electron chi connectivity index (χ0n) is 21.8. The molecule has 0 saturated heterocycles. The summed E-state index contributed by atoms with van der Waals surface area (Å²) in [5, 5.41) is 7.13. The van der Waals surface area contributed by atoms with E-state index in [2.05, 4.69) is 5.32 Å². The Morgan fingerprint density at radius 2 is 1.85 bits per heavy atom. The lowest BCUT2D eigenvalue weighted by Gasteiger charge is -2.24. The van der Waals surface area contributed by atoms with Gasteiger partial charge in [-0.2, -0.15) is 5.10 Å². The molecule has 0 saturated carbocycles. The van der Waals surface area contributed by atoms with Crippen LogP contribution in [0, 0.1) is 11.6 Å². The van der Waals surface area contributed by atoms with Gasteiger partial charge in [0, 0.05) is 16.5 Å². The molecule has 5 rings (SSSR count). The van der Waals surface area contributed by atoms with Gasteiger partial charge in [-0.15, -0.1) is 11.8 Å². The highest BCUT2D eigenvalue weighted by molar-refractivity contribution is 8.00. The number of furan rings is 1. The summed E-state index contributed by atoms with van der Waals surface area (Å²) in [6.45, 7) is 5.84. The summed E-state index contributed by atoms with van der Waals surface area (Å²) in [7, 11) is 0. The zero-order chi connectivity index (χ0) is 27.7. The van der Waals surface area contributed by atoms with E-state index in [4.69, 9.17) is 9.52 Å². The third kappa shape index (κ3) is 5.47. The number of fused-ring (bicyclic) bond motifs is 1. The molecule has 1 aliphatic rings. The summed E-state index contributed by atoms with van der Waals surface area (Å²) >= 11 is 1.29. The topological polar surface area (TPSA) is 80.4 Å². The highest BCUT2D eigenvalue weighted by atomic mass is 32.2. The number of nitrogens with zero attached hydrogens (tertiary/aromatic N) is 3. The molecule has 7 nitrogen and oxygen atoms in total. The molecule has 1 N–H and O–H groups in total. The molecule has 1 atom stereocenters. The van der Waals surface area contributed by atoms with Crippen LogP contribution in [0.2, 0.25) is 0 Å². The molecule has 0 radical (unpaired) electrons. The van der Waals surface area contributed by atoms with Gasteiger partial charge in [-0.3, -0.25) is 14.5 Å². The number of rotatable bonds is 6. The number of nitrogens with one attached hydrogen (secondary N) is 1. The molecular weight excluding hydrogens is 522 g/mol. The molecule has 2 amide bonds. The molecule has 39 heavy (non-hydrogen) atoms. The van der Waals surface area contributed by atoms with Crippen molar-refractivity contribution in [3.05, 3.63) is 101 Å². The number of hydrogen-bond acceptors (Lipinski definition) is 5. The van der Waals surface area contributed by atoms with Gasteiger partial charge < -0.3 is 9.73 Å². The molecule has 0 bridgehead atoms. The van der Waals surface area contributed by atoms with Crippen LogP contribution in [0.25, 0.3) is 5.69 Å². The van der Waals surface area contributed by atoms with E-state index in [1.54, 1.807) is 47.1 Å². The van der Waals surface area contributed by atoms with Crippen molar-refractivity contribution in [2.24, 2.45) is 0 Å². The maximum absolute atomic E-state index is 15.2. The first-order valence-corrected chi connectivity index (χ1v) is 13.5. The standard InChI is InChI=1S/C29H28F2N4O3S/c1-29(2,3)27-25-26(21-8-4-5-9-22(21)31)39-17-24(37)34(16-23(36)32-15-20-7-6-14-38-20)28(25)35(33-27)19-12-10-18(30)11-13-19/h4-14,26H,15-17H2,1-3H3,(H,32,36)/t26-/m0/s1. The summed E-state index contributed by atoms with van der Waals surface area (Å²) in [5.74, 6) is -0.575. The van der Waals surface area contributed by atoms with Gasteiger partial charge in [-0.1, -0.05) is 39.0 Å². The van der Waals surface area contributed by atoms with Crippen LogP contribution < -0.4 is 10.2 Å². The Bertz CT molecular complexity index is 1490. The Hall–Kier alpha value is -3.92. The SMILES string of the molecule is CC(C)(C)c1nn(-c2ccc(F)cc2)c2c1[C@H](c1ccccc1F)SCC(=O)N2CC(=O)NCc1ccco1.